The first kappa shape index (κ1) is 15.4. The SMILES string of the molecule is CCC(N)Cc1ccc(Oc2ccc(F)cc2F)c(C)c1. The van der Waals surface area contributed by atoms with Crippen LogP contribution in [0.25, 0.3) is 0 Å². The summed E-state index contributed by atoms with van der Waals surface area (Å²) in [6.07, 6.45) is 1.71. The zero-order valence-corrected chi connectivity index (χ0v) is 12.2. The van der Waals surface area contributed by atoms with E-state index in [-0.39, 0.29) is 11.8 Å². The van der Waals surface area contributed by atoms with E-state index in [9.17, 15) is 8.78 Å². The zero-order chi connectivity index (χ0) is 15.4. The molecule has 0 amide bonds. The molecule has 2 N–H and O–H groups in total. The van der Waals surface area contributed by atoms with E-state index in [0.29, 0.717) is 5.75 Å². The third kappa shape index (κ3) is 4.02. The van der Waals surface area contributed by atoms with E-state index in [1.54, 1.807) is 6.07 Å². The van der Waals surface area contributed by atoms with Gasteiger partial charge in [0.05, 0.1) is 0 Å². The van der Waals surface area contributed by atoms with Gasteiger partial charge in [-0.05, 0) is 49.1 Å². The van der Waals surface area contributed by atoms with Gasteiger partial charge in [0.2, 0.25) is 0 Å². The molecule has 0 bridgehead atoms. The van der Waals surface area contributed by atoms with Gasteiger partial charge in [0.1, 0.15) is 11.6 Å². The van der Waals surface area contributed by atoms with E-state index in [0.717, 1.165) is 30.0 Å². The van der Waals surface area contributed by atoms with Gasteiger partial charge in [-0.2, -0.15) is 0 Å². The minimum absolute atomic E-state index is 0.0116. The summed E-state index contributed by atoms with van der Waals surface area (Å²) >= 11 is 0. The molecule has 0 saturated carbocycles. The third-order valence-corrected chi connectivity index (χ3v) is 3.38. The molecule has 0 aliphatic rings. The average Bonchev–Trinajstić information content (AvgIpc) is 2.44. The van der Waals surface area contributed by atoms with Crippen LogP contribution in [0, 0.1) is 18.6 Å². The van der Waals surface area contributed by atoms with Crippen LogP contribution in [-0.2, 0) is 6.42 Å². The summed E-state index contributed by atoms with van der Waals surface area (Å²) in [5.74, 6) is -0.779. The number of ether oxygens (including phenoxy) is 1. The summed E-state index contributed by atoms with van der Waals surface area (Å²) in [6.45, 7) is 3.93. The van der Waals surface area contributed by atoms with Crippen LogP contribution in [0.2, 0.25) is 0 Å². The molecule has 0 aliphatic carbocycles. The lowest BCUT2D eigenvalue weighted by molar-refractivity contribution is 0.435. The average molecular weight is 291 g/mol. The maximum atomic E-state index is 13.6. The molecule has 0 aliphatic heterocycles. The Balaban J connectivity index is 2.17. The van der Waals surface area contributed by atoms with Crippen molar-refractivity contribution in [3.05, 3.63) is 59.2 Å². The summed E-state index contributed by atoms with van der Waals surface area (Å²) in [6, 6.07) is 9.07. The molecule has 1 unspecified atom stereocenters. The van der Waals surface area contributed by atoms with Gasteiger partial charge in [-0.3, -0.25) is 0 Å². The minimum atomic E-state index is -0.716. The minimum Gasteiger partial charge on any atom is -0.454 e. The van der Waals surface area contributed by atoms with Crippen LogP contribution < -0.4 is 10.5 Å². The van der Waals surface area contributed by atoms with Gasteiger partial charge in [0.15, 0.2) is 11.6 Å². The van der Waals surface area contributed by atoms with Crippen molar-refractivity contribution >= 4 is 0 Å². The Bertz CT molecular complexity index is 628. The van der Waals surface area contributed by atoms with Gasteiger partial charge in [0, 0.05) is 12.1 Å². The summed E-state index contributed by atoms with van der Waals surface area (Å²) < 4.78 is 32.0. The monoisotopic (exact) mass is 291 g/mol. The molecule has 2 nitrogen and oxygen atoms in total. The van der Waals surface area contributed by atoms with E-state index in [4.69, 9.17) is 10.5 Å². The van der Waals surface area contributed by atoms with E-state index in [2.05, 4.69) is 0 Å². The standard InChI is InChI=1S/C17H19F2NO/c1-3-14(20)9-12-4-6-16(11(2)8-12)21-17-7-5-13(18)10-15(17)19/h4-8,10,14H,3,9,20H2,1-2H3. The van der Waals surface area contributed by atoms with Gasteiger partial charge in [-0.25, -0.2) is 8.78 Å². The Morgan fingerprint density at radius 3 is 2.43 bits per heavy atom. The van der Waals surface area contributed by atoms with Crippen molar-refractivity contribution in [2.24, 2.45) is 5.73 Å². The predicted octanol–water partition coefficient (Wildman–Crippen LogP) is 4.35. The first-order valence-electron chi connectivity index (χ1n) is 6.97. The molecule has 1 atom stereocenters. The summed E-state index contributed by atoms with van der Waals surface area (Å²) in [7, 11) is 0. The predicted molar refractivity (Wildman–Crippen MR) is 79.6 cm³/mol. The Hall–Kier alpha value is -1.94. The van der Waals surface area contributed by atoms with Crippen molar-refractivity contribution in [1.29, 1.82) is 0 Å². The first-order valence-corrected chi connectivity index (χ1v) is 6.97. The van der Waals surface area contributed by atoms with Crippen LogP contribution in [0.4, 0.5) is 8.78 Å². The highest BCUT2D eigenvalue weighted by Gasteiger charge is 2.09. The third-order valence-electron chi connectivity index (χ3n) is 3.38. The highest BCUT2D eigenvalue weighted by Crippen LogP contribution is 2.28. The second-order valence-corrected chi connectivity index (χ2v) is 5.15. The van der Waals surface area contributed by atoms with Crippen LogP contribution in [0.1, 0.15) is 24.5 Å². The normalized spacial score (nSPS) is 12.2. The van der Waals surface area contributed by atoms with Crippen LogP contribution in [0.3, 0.4) is 0 Å². The number of hydrogen-bond donors (Lipinski definition) is 1. The van der Waals surface area contributed by atoms with Crippen LogP contribution >= 0.6 is 0 Å². The molecular weight excluding hydrogens is 272 g/mol. The molecule has 2 aromatic rings. The van der Waals surface area contributed by atoms with E-state index in [1.807, 2.05) is 26.0 Å². The number of halogens is 2. The molecule has 0 radical (unpaired) electrons. The molecule has 0 spiro atoms. The zero-order valence-electron chi connectivity index (χ0n) is 12.2. The quantitative estimate of drug-likeness (QED) is 0.889. The summed E-state index contributed by atoms with van der Waals surface area (Å²) in [5, 5.41) is 0. The van der Waals surface area contributed by atoms with E-state index < -0.39 is 11.6 Å². The van der Waals surface area contributed by atoms with Gasteiger partial charge >= 0.3 is 0 Å². The van der Waals surface area contributed by atoms with Crippen molar-refractivity contribution < 1.29 is 13.5 Å². The fourth-order valence-electron chi connectivity index (χ4n) is 2.08. The summed E-state index contributed by atoms with van der Waals surface area (Å²) in [4.78, 5) is 0. The van der Waals surface area contributed by atoms with Crippen molar-refractivity contribution in [1.82, 2.24) is 0 Å². The topological polar surface area (TPSA) is 35.2 Å². The van der Waals surface area contributed by atoms with Gasteiger partial charge < -0.3 is 10.5 Å². The first-order chi connectivity index (χ1) is 9.99. The Morgan fingerprint density at radius 1 is 1.10 bits per heavy atom. The molecule has 0 aromatic heterocycles. The van der Waals surface area contributed by atoms with Crippen LogP contribution in [0.5, 0.6) is 11.5 Å². The Morgan fingerprint density at radius 2 is 1.81 bits per heavy atom. The lowest BCUT2D eigenvalue weighted by Crippen LogP contribution is -2.21. The molecule has 0 fully saturated rings. The number of aryl methyl sites for hydroxylation is 1. The number of rotatable bonds is 5. The number of nitrogens with two attached hydrogens (primary N) is 1. The van der Waals surface area contributed by atoms with Crippen molar-refractivity contribution in [3.8, 4) is 11.5 Å². The largest absolute Gasteiger partial charge is 0.454 e. The fraction of sp³-hybridized carbons (Fsp3) is 0.294. The molecule has 0 heterocycles. The summed E-state index contributed by atoms with van der Waals surface area (Å²) in [5.41, 5.74) is 7.94. The lowest BCUT2D eigenvalue weighted by Gasteiger charge is -2.13. The molecule has 21 heavy (non-hydrogen) atoms. The number of benzene rings is 2. The van der Waals surface area contributed by atoms with Crippen molar-refractivity contribution in [3.63, 3.8) is 0 Å². The Labute approximate surface area is 123 Å². The van der Waals surface area contributed by atoms with Gasteiger partial charge in [-0.15, -0.1) is 0 Å². The second-order valence-electron chi connectivity index (χ2n) is 5.15. The smallest absolute Gasteiger partial charge is 0.168 e. The van der Waals surface area contributed by atoms with Gasteiger partial charge in [0.25, 0.3) is 0 Å². The maximum absolute atomic E-state index is 13.6. The van der Waals surface area contributed by atoms with Crippen molar-refractivity contribution in [2.45, 2.75) is 32.7 Å². The van der Waals surface area contributed by atoms with E-state index in [1.165, 1.54) is 12.1 Å². The molecule has 112 valence electrons. The Kier molecular flexibility index (Phi) is 4.91. The highest BCUT2D eigenvalue weighted by atomic mass is 19.1. The molecule has 4 heteroatoms. The molecule has 2 aromatic carbocycles. The number of hydrogen-bond acceptors (Lipinski definition) is 2. The lowest BCUT2D eigenvalue weighted by atomic mass is 10.0. The highest BCUT2D eigenvalue weighted by molar-refractivity contribution is 5.40. The molecule has 2 rings (SSSR count). The van der Waals surface area contributed by atoms with Crippen LogP contribution in [-0.4, -0.2) is 6.04 Å². The van der Waals surface area contributed by atoms with Crippen LogP contribution in [0.15, 0.2) is 36.4 Å². The van der Waals surface area contributed by atoms with E-state index >= 15 is 0 Å². The van der Waals surface area contributed by atoms with Crippen molar-refractivity contribution in [2.75, 3.05) is 0 Å². The fourth-order valence-corrected chi connectivity index (χ4v) is 2.08. The van der Waals surface area contributed by atoms with Gasteiger partial charge in [-0.1, -0.05) is 19.1 Å². The molecular formula is C17H19F2NO. The second kappa shape index (κ2) is 6.68. The molecule has 0 saturated heterocycles. The maximum Gasteiger partial charge on any atom is 0.168 e.